The molecule has 96 valence electrons. The van der Waals surface area contributed by atoms with Gasteiger partial charge < -0.3 is 9.15 Å². The Balaban J connectivity index is 2.43. The summed E-state index contributed by atoms with van der Waals surface area (Å²) < 4.78 is 11.5. The van der Waals surface area contributed by atoms with Crippen molar-refractivity contribution in [2.24, 2.45) is 0 Å². The van der Waals surface area contributed by atoms with Gasteiger partial charge in [-0.05, 0) is 26.0 Å². The van der Waals surface area contributed by atoms with Crippen molar-refractivity contribution in [2.75, 3.05) is 6.61 Å². The van der Waals surface area contributed by atoms with Crippen LogP contribution in [0.3, 0.4) is 0 Å². The number of para-hydroxylation sites is 1. The minimum absolute atomic E-state index is 0.0997. The molecule has 0 saturated carbocycles. The molecule has 1 heterocycles. The maximum Gasteiger partial charge on any atom is 0.422 e. The van der Waals surface area contributed by atoms with Gasteiger partial charge in [0.25, 0.3) is 0 Å². The van der Waals surface area contributed by atoms with Gasteiger partial charge in [-0.15, -0.1) is 0 Å². The molecule has 0 fully saturated rings. The van der Waals surface area contributed by atoms with E-state index in [1.54, 1.807) is 24.3 Å². The van der Waals surface area contributed by atoms with E-state index in [0.29, 0.717) is 24.1 Å². The van der Waals surface area contributed by atoms with E-state index >= 15 is 0 Å². The fourth-order valence-corrected chi connectivity index (χ4v) is 1.76. The van der Waals surface area contributed by atoms with Gasteiger partial charge in [-0.2, -0.15) is 0 Å². The summed E-state index contributed by atoms with van der Waals surface area (Å²) in [7, 11) is 0. The molecule has 0 unspecified atom stereocenters. The molecule has 0 aliphatic rings. The van der Waals surface area contributed by atoms with E-state index in [1.165, 1.54) is 4.57 Å². The second-order valence-corrected chi connectivity index (χ2v) is 4.24. The van der Waals surface area contributed by atoms with Gasteiger partial charge in [-0.25, -0.2) is 9.59 Å². The van der Waals surface area contributed by atoms with Crippen molar-refractivity contribution in [3.05, 3.63) is 45.2 Å². The first-order valence-electron chi connectivity index (χ1n) is 5.84. The summed E-state index contributed by atoms with van der Waals surface area (Å²) in [5.74, 6) is -0.647. The van der Waals surface area contributed by atoms with Crippen molar-refractivity contribution >= 4 is 10.9 Å². The summed E-state index contributed by atoms with van der Waals surface area (Å²) in [5.41, 5.74) is -0.0252. The Hall–Kier alpha value is -1.88. The Morgan fingerprint density at radius 3 is 2.72 bits per heavy atom. The molecule has 0 bridgehead atoms. The van der Waals surface area contributed by atoms with Crippen LogP contribution in [0.4, 0.5) is 0 Å². The standard InChI is InChI=1S/C13H15NO4/c1-9(2)17-8-7-14-11-6-4-3-5-10(11)12(15)18-13(14)16/h3-6,9H,7-8H2,1-2H3. The zero-order valence-electron chi connectivity index (χ0n) is 10.4. The van der Waals surface area contributed by atoms with Crippen LogP contribution in [0.1, 0.15) is 13.8 Å². The molecule has 5 nitrogen and oxygen atoms in total. The van der Waals surface area contributed by atoms with Crippen LogP contribution >= 0.6 is 0 Å². The summed E-state index contributed by atoms with van der Waals surface area (Å²) in [4.78, 5) is 23.2. The molecule has 0 aliphatic heterocycles. The first kappa shape index (κ1) is 12.6. The van der Waals surface area contributed by atoms with Crippen LogP contribution in [0.15, 0.2) is 38.3 Å². The largest absolute Gasteiger partial charge is 0.422 e. The van der Waals surface area contributed by atoms with E-state index < -0.39 is 11.4 Å². The molecule has 0 radical (unpaired) electrons. The average Bonchev–Trinajstić information content (AvgIpc) is 2.33. The van der Waals surface area contributed by atoms with Crippen molar-refractivity contribution in [1.29, 1.82) is 0 Å². The predicted molar refractivity (Wildman–Crippen MR) is 67.8 cm³/mol. The zero-order valence-corrected chi connectivity index (χ0v) is 10.4. The van der Waals surface area contributed by atoms with Crippen molar-refractivity contribution in [3.8, 4) is 0 Å². The highest BCUT2D eigenvalue weighted by Crippen LogP contribution is 2.07. The smallest absolute Gasteiger partial charge is 0.377 e. The normalized spacial score (nSPS) is 11.3. The van der Waals surface area contributed by atoms with E-state index in [1.807, 2.05) is 13.8 Å². The van der Waals surface area contributed by atoms with Crippen LogP contribution in [0.2, 0.25) is 0 Å². The SMILES string of the molecule is CC(C)OCCn1c(=O)oc(=O)c2ccccc21. The Morgan fingerprint density at radius 1 is 1.28 bits per heavy atom. The van der Waals surface area contributed by atoms with Gasteiger partial charge in [0.2, 0.25) is 0 Å². The van der Waals surface area contributed by atoms with Gasteiger partial charge in [0.15, 0.2) is 0 Å². The Morgan fingerprint density at radius 2 is 2.00 bits per heavy atom. The third-order valence-corrected chi connectivity index (χ3v) is 2.58. The third kappa shape index (κ3) is 2.51. The molecule has 0 N–H and O–H groups in total. The van der Waals surface area contributed by atoms with Crippen LogP contribution in [0.5, 0.6) is 0 Å². The van der Waals surface area contributed by atoms with E-state index in [0.717, 1.165) is 0 Å². The lowest BCUT2D eigenvalue weighted by Gasteiger charge is -2.10. The molecular weight excluding hydrogens is 234 g/mol. The predicted octanol–water partition coefficient (Wildman–Crippen LogP) is 1.38. The minimum atomic E-state index is -0.647. The lowest BCUT2D eigenvalue weighted by Crippen LogP contribution is -2.27. The number of benzene rings is 1. The number of rotatable bonds is 4. The second-order valence-electron chi connectivity index (χ2n) is 4.24. The van der Waals surface area contributed by atoms with Crippen LogP contribution < -0.4 is 11.4 Å². The minimum Gasteiger partial charge on any atom is -0.377 e. The highest BCUT2D eigenvalue weighted by Gasteiger charge is 2.08. The Bertz CT molecular complexity index is 654. The van der Waals surface area contributed by atoms with Gasteiger partial charge >= 0.3 is 11.4 Å². The number of nitrogens with zero attached hydrogens (tertiary/aromatic N) is 1. The van der Waals surface area contributed by atoms with Crippen molar-refractivity contribution < 1.29 is 9.15 Å². The van der Waals surface area contributed by atoms with Gasteiger partial charge in [-0.3, -0.25) is 4.57 Å². The number of aromatic nitrogens is 1. The summed E-state index contributed by atoms with van der Waals surface area (Å²) in [6, 6.07) is 6.88. The van der Waals surface area contributed by atoms with Crippen molar-refractivity contribution in [1.82, 2.24) is 4.57 Å². The maximum atomic E-state index is 11.7. The lowest BCUT2D eigenvalue weighted by molar-refractivity contribution is 0.0716. The number of fused-ring (bicyclic) bond motifs is 1. The quantitative estimate of drug-likeness (QED) is 0.821. The molecule has 18 heavy (non-hydrogen) atoms. The van der Waals surface area contributed by atoms with Crippen LogP contribution in [0, 0.1) is 0 Å². The van der Waals surface area contributed by atoms with Gasteiger partial charge in [0.1, 0.15) is 0 Å². The molecule has 0 atom stereocenters. The molecule has 5 heteroatoms. The molecule has 0 aliphatic carbocycles. The first-order valence-corrected chi connectivity index (χ1v) is 5.84. The van der Waals surface area contributed by atoms with Crippen LogP contribution in [0.25, 0.3) is 10.9 Å². The second kappa shape index (κ2) is 5.18. The first-order chi connectivity index (χ1) is 8.59. The van der Waals surface area contributed by atoms with E-state index in [2.05, 4.69) is 4.42 Å². The van der Waals surface area contributed by atoms with Crippen molar-refractivity contribution in [3.63, 3.8) is 0 Å². The summed E-state index contributed by atoms with van der Waals surface area (Å²) >= 11 is 0. The molecule has 2 aromatic rings. The monoisotopic (exact) mass is 249 g/mol. The van der Waals surface area contributed by atoms with E-state index in [9.17, 15) is 9.59 Å². The number of hydrogen-bond donors (Lipinski definition) is 0. The van der Waals surface area contributed by atoms with E-state index in [-0.39, 0.29) is 6.10 Å². The van der Waals surface area contributed by atoms with Crippen molar-refractivity contribution in [2.45, 2.75) is 26.5 Å². The van der Waals surface area contributed by atoms with Gasteiger partial charge in [0, 0.05) is 0 Å². The zero-order chi connectivity index (χ0) is 13.1. The number of hydrogen-bond acceptors (Lipinski definition) is 4. The van der Waals surface area contributed by atoms with Gasteiger partial charge in [-0.1, -0.05) is 12.1 Å². The molecule has 0 saturated heterocycles. The van der Waals surface area contributed by atoms with Gasteiger partial charge in [0.05, 0.1) is 30.2 Å². The Kier molecular flexibility index (Phi) is 3.62. The fraction of sp³-hybridized carbons (Fsp3) is 0.385. The molecule has 0 amide bonds. The number of ether oxygens (including phenoxy) is 1. The maximum absolute atomic E-state index is 11.7. The molecule has 2 rings (SSSR count). The molecule has 1 aromatic heterocycles. The molecular formula is C13H15NO4. The van der Waals surface area contributed by atoms with E-state index in [4.69, 9.17) is 4.74 Å². The average molecular weight is 249 g/mol. The Labute approximate surface area is 104 Å². The summed E-state index contributed by atoms with van der Waals surface area (Å²) in [6.07, 6.45) is 0.0997. The lowest BCUT2D eigenvalue weighted by atomic mass is 10.2. The highest BCUT2D eigenvalue weighted by molar-refractivity contribution is 5.77. The molecule has 0 spiro atoms. The fourth-order valence-electron chi connectivity index (χ4n) is 1.76. The van der Waals surface area contributed by atoms with Crippen LogP contribution in [-0.2, 0) is 11.3 Å². The van der Waals surface area contributed by atoms with Crippen LogP contribution in [-0.4, -0.2) is 17.3 Å². The highest BCUT2D eigenvalue weighted by atomic mass is 16.5. The summed E-state index contributed by atoms with van der Waals surface area (Å²) in [5, 5.41) is 0.404. The summed E-state index contributed by atoms with van der Waals surface area (Å²) in [6.45, 7) is 4.61. The topological polar surface area (TPSA) is 61.4 Å². The third-order valence-electron chi connectivity index (χ3n) is 2.58. The molecule has 1 aromatic carbocycles.